The molecule has 4 heteroatoms. The Morgan fingerprint density at radius 3 is 2.69 bits per heavy atom. The third-order valence-electron chi connectivity index (χ3n) is 2.48. The molecule has 0 bridgehead atoms. The van der Waals surface area contributed by atoms with Crippen molar-refractivity contribution >= 4 is 5.95 Å². The fourth-order valence-corrected chi connectivity index (χ4v) is 1.55. The molecule has 4 nitrogen and oxygen atoms in total. The van der Waals surface area contributed by atoms with Crippen molar-refractivity contribution in [1.82, 2.24) is 9.97 Å². The van der Waals surface area contributed by atoms with Crippen molar-refractivity contribution in [2.45, 2.75) is 18.8 Å². The van der Waals surface area contributed by atoms with Gasteiger partial charge in [0.05, 0.1) is 2.74 Å². The molecule has 1 aromatic heterocycles. The van der Waals surface area contributed by atoms with Crippen LogP contribution in [0.2, 0.25) is 0 Å². The van der Waals surface area contributed by atoms with Gasteiger partial charge in [-0.25, -0.2) is 9.97 Å². The van der Waals surface area contributed by atoms with E-state index in [0.29, 0.717) is 12.8 Å². The maximum absolute atomic E-state index is 9.13. The molecular weight excluding hydrogens is 166 g/mol. The Hall–Kier alpha value is -1.16. The lowest BCUT2D eigenvalue weighted by atomic mass is 9.72. The number of hydrogen-bond acceptors (Lipinski definition) is 4. The normalized spacial score (nSPS) is 30.2. The van der Waals surface area contributed by atoms with Crippen molar-refractivity contribution in [2.75, 3.05) is 12.3 Å². The van der Waals surface area contributed by atoms with E-state index in [-0.39, 0.29) is 17.8 Å². The number of hydrogen-bond donors (Lipinski definition) is 2. The molecule has 0 aliphatic heterocycles. The largest absolute Gasteiger partial charge is 0.396 e. The van der Waals surface area contributed by atoms with E-state index in [4.69, 9.17) is 13.6 Å². The summed E-state index contributed by atoms with van der Waals surface area (Å²) in [5, 5.41) is 9.13. The number of rotatable bonds is 2. The predicted molar refractivity (Wildman–Crippen MR) is 49.0 cm³/mol. The molecule has 0 amide bonds. The molecule has 1 aliphatic carbocycles. The fourth-order valence-electron chi connectivity index (χ4n) is 1.55. The smallest absolute Gasteiger partial charge is 0.219 e. The Morgan fingerprint density at radius 2 is 2.15 bits per heavy atom. The molecule has 3 N–H and O–H groups in total. The predicted octanol–water partition coefficient (Wildman–Crippen LogP) is 0.545. The summed E-state index contributed by atoms with van der Waals surface area (Å²) in [7, 11) is 0. The van der Waals surface area contributed by atoms with E-state index in [0.717, 1.165) is 5.56 Å². The third kappa shape index (κ3) is 1.62. The second-order valence-electron chi connectivity index (χ2n) is 3.37. The molecule has 70 valence electrons. The van der Waals surface area contributed by atoms with Gasteiger partial charge in [-0.15, -0.1) is 0 Å². The summed E-state index contributed by atoms with van der Waals surface area (Å²) in [6.45, 7) is -2.06. The third-order valence-corrected chi connectivity index (χ3v) is 2.48. The quantitative estimate of drug-likeness (QED) is 0.698. The second kappa shape index (κ2) is 3.30. The highest BCUT2D eigenvalue weighted by Crippen LogP contribution is 2.40. The molecule has 0 spiro atoms. The molecule has 0 atom stereocenters. The fraction of sp³-hybridized carbons (Fsp3) is 0.556. The van der Waals surface area contributed by atoms with Crippen LogP contribution in [0.5, 0.6) is 0 Å². The maximum atomic E-state index is 9.13. The van der Waals surface area contributed by atoms with E-state index < -0.39 is 6.56 Å². The lowest BCUT2D eigenvalue weighted by Gasteiger charge is -2.33. The van der Waals surface area contributed by atoms with Crippen LogP contribution < -0.4 is 5.73 Å². The highest BCUT2D eigenvalue weighted by Gasteiger charge is 2.29. The van der Waals surface area contributed by atoms with E-state index in [1.807, 2.05) is 0 Å². The zero-order valence-corrected chi connectivity index (χ0v) is 7.14. The summed E-state index contributed by atoms with van der Waals surface area (Å²) >= 11 is 0. The number of nitrogens with zero attached hydrogens (tertiary/aromatic N) is 2. The molecule has 13 heavy (non-hydrogen) atoms. The lowest BCUT2D eigenvalue weighted by Crippen LogP contribution is -2.24. The Morgan fingerprint density at radius 1 is 1.54 bits per heavy atom. The molecule has 1 aromatic rings. The average molecular weight is 181 g/mol. The maximum Gasteiger partial charge on any atom is 0.219 e. The Bertz CT molecular complexity index is 343. The van der Waals surface area contributed by atoms with Crippen LogP contribution in [0.25, 0.3) is 0 Å². The number of nitrogen functional groups attached to an aromatic ring is 1. The van der Waals surface area contributed by atoms with Crippen LogP contribution in [0.1, 0.15) is 27.1 Å². The van der Waals surface area contributed by atoms with Crippen molar-refractivity contribution < 1.29 is 7.85 Å². The van der Waals surface area contributed by atoms with E-state index in [9.17, 15) is 0 Å². The molecule has 2 rings (SSSR count). The van der Waals surface area contributed by atoms with E-state index in [1.165, 1.54) is 0 Å². The lowest BCUT2D eigenvalue weighted by molar-refractivity contribution is 0.142. The van der Waals surface area contributed by atoms with Crippen molar-refractivity contribution in [2.24, 2.45) is 5.92 Å². The standard InChI is InChI=1S/C9H13N3O/c10-9-11-3-8(4-12-9)7-1-6(2-7)5-13/h3-4,6-7,13H,1-2,5H2,(H2,10,11,12)/i5D2. The molecule has 1 saturated carbocycles. The van der Waals surface area contributed by atoms with Crippen molar-refractivity contribution in [3.8, 4) is 0 Å². The Labute approximate surface area is 79.6 Å². The monoisotopic (exact) mass is 181 g/mol. The van der Waals surface area contributed by atoms with Gasteiger partial charge in [0.25, 0.3) is 0 Å². The van der Waals surface area contributed by atoms with Gasteiger partial charge in [-0.2, -0.15) is 0 Å². The van der Waals surface area contributed by atoms with Crippen LogP contribution in [-0.4, -0.2) is 21.6 Å². The van der Waals surface area contributed by atoms with Gasteiger partial charge in [0, 0.05) is 19.0 Å². The molecule has 0 aromatic carbocycles. The summed E-state index contributed by atoms with van der Waals surface area (Å²) in [5.74, 6) is 0.213. The molecule has 0 radical (unpaired) electrons. The van der Waals surface area contributed by atoms with Gasteiger partial charge in [0.2, 0.25) is 5.95 Å². The van der Waals surface area contributed by atoms with Crippen molar-refractivity contribution in [1.29, 1.82) is 0 Å². The van der Waals surface area contributed by atoms with Crippen molar-refractivity contribution in [3.63, 3.8) is 0 Å². The van der Waals surface area contributed by atoms with Crippen LogP contribution in [0.15, 0.2) is 12.4 Å². The molecule has 0 saturated heterocycles. The van der Waals surface area contributed by atoms with Gasteiger partial charge >= 0.3 is 0 Å². The summed E-state index contributed by atoms with van der Waals surface area (Å²) in [5.41, 5.74) is 6.32. The minimum atomic E-state index is -2.06. The van der Waals surface area contributed by atoms with Gasteiger partial charge < -0.3 is 10.8 Å². The first-order valence-corrected chi connectivity index (χ1v) is 4.26. The zero-order valence-electron chi connectivity index (χ0n) is 9.14. The Kier molecular flexibility index (Phi) is 1.60. The topological polar surface area (TPSA) is 72.0 Å². The number of anilines is 1. The van der Waals surface area contributed by atoms with Crippen LogP contribution >= 0.6 is 0 Å². The molecule has 0 unspecified atom stereocenters. The minimum absolute atomic E-state index is 0.243. The first-order valence-electron chi connectivity index (χ1n) is 5.26. The summed E-state index contributed by atoms with van der Waals surface area (Å²) in [6.07, 6.45) is 4.60. The van der Waals surface area contributed by atoms with Crippen LogP contribution in [0.3, 0.4) is 0 Å². The summed E-state index contributed by atoms with van der Waals surface area (Å²) in [6, 6.07) is 0. The summed E-state index contributed by atoms with van der Waals surface area (Å²) < 4.78 is 14.3. The number of aromatic nitrogens is 2. The first-order chi connectivity index (χ1) is 6.97. The second-order valence-corrected chi connectivity index (χ2v) is 3.37. The minimum Gasteiger partial charge on any atom is -0.396 e. The van der Waals surface area contributed by atoms with Gasteiger partial charge in [0.15, 0.2) is 0 Å². The van der Waals surface area contributed by atoms with E-state index in [1.54, 1.807) is 12.4 Å². The van der Waals surface area contributed by atoms with Crippen molar-refractivity contribution in [3.05, 3.63) is 18.0 Å². The first kappa shape index (κ1) is 6.32. The molecule has 1 heterocycles. The van der Waals surface area contributed by atoms with Crippen LogP contribution in [0.4, 0.5) is 5.95 Å². The average Bonchev–Trinajstić information content (AvgIpc) is 2.03. The van der Waals surface area contributed by atoms with Gasteiger partial charge in [-0.05, 0) is 30.2 Å². The number of aliphatic hydroxyl groups is 1. The van der Waals surface area contributed by atoms with Crippen LogP contribution in [-0.2, 0) is 0 Å². The summed E-state index contributed by atoms with van der Waals surface area (Å²) in [4.78, 5) is 7.76. The van der Waals surface area contributed by atoms with Gasteiger partial charge in [-0.1, -0.05) is 0 Å². The number of nitrogens with two attached hydrogens (primary N) is 1. The highest BCUT2D eigenvalue weighted by atomic mass is 16.3. The molecular formula is C9H13N3O. The van der Waals surface area contributed by atoms with Gasteiger partial charge in [-0.3, -0.25) is 0 Å². The van der Waals surface area contributed by atoms with E-state index >= 15 is 0 Å². The van der Waals surface area contributed by atoms with Gasteiger partial charge in [0.1, 0.15) is 0 Å². The SMILES string of the molecule is [2H]C([2H])(O)C1CC(c2cnc(N)nc2)C1. The van der Waals surface area contributed by atoms with Crippen LogP contribution in [0, 0.1) is 5.92 Å². The Balaban J connectivity index is 1.98. The highest BCUT2D eigenvalue weighted by molar-refractivity contribution is 5.21. The zero-order chi connectivity index (χ0) is 11.1. The van der Waals surface area contributed by atoms with E-state index in [2.05, 4.69) is 9.97 Å². The molecule has 1 fully saturated rings. The molecule has 1 aliphatic rings.